The Morgan fingerprint density at radius 1 is 1.31 bits per heavy atom. The molecule has 0 spiro atoms. The summed E-state index contributed by atoms with van der Waals surface area (Å²) in [5.41, 5.74) is 0.982. The van der Waals surface area contributed by atoms with Crippen molar-refractivity contribution in [1.82, 2.24) is 10.6 Å². The van der Waals surface area contributed by atoms with E-state index in [1.807, 2.05) is 25.1 Å². The molecule has 1 aromatic carbocycles. The van der Waals surface area contributed by atoms with Gasteiger partial charge in [-0.3, -0.25) is 0 Å². The van der Waals surface area contributed by atoms with E-state index in [1.165, 1.54) is 0 Å². The van der Waals surface area contributed by atoms with Gasteiger partial charge in [0.2, 0.25) is 6.79 Å². The number of carbonyl (C=O) groups is 1. The number of urea groups is 1. The van der Waals surface area contributed by atoms with Crippen LogP contribution in [0.4, 0.5) is 4.79 Å². The van der Waals surface area contributed by atoms with E-state index in [0.29, 0.717) is 13.1 Å². The van der Waals surface area contributed by atoms with Crippen LogP contribution in [0.1, 0.15) is 12.5 Å². The first-order chi connectivity index (χ1) is 7.79. The van der Waals surface area contributed by atoms with Crippen LogP contribution in [-0.4, -0.2) is 19.4 Å². The van der Waals surface area contributed by atoms with Gasteiger partial charge >= 0.3 is 6.03 Å². The summed E-state index contributed by atoms with van der Waals surface area (Å²) in [6, 6.07) is 5.45. The molecule has 2 N–H and O–H groups in total. The summed E-state index contributed by atoms with van der Waals surface area (Å²) in [6.07, 6.45) is 0. The van der Waals surface area contributed by atoms with Crippen LogP contribution in [0.3, 0.4) is 0 Å². The van der Waals surface area contributed by atoms with Gasteiger partial charge in [-0.25, -0.2) is 4.79 Å². The van der Waals surface area contributed by atoms with Crippen LogP contribution in [0.5, 0.6) is 11.5 Å². The maximum atomic E-state index is 11.2. The predicted octanol–water partition coefficient (Wildman–Crippen LogP) is 1.23. The first-order valence-electron chi connectivity index (χ1n) is 5.20. The fraction of sp³-hybridized carbons (Fsp3) is 0.364. The van der Waals surface area contributed by atoms with Crippen LogP contribution < -0.4 is 20.1 Å². The van der Waals surface area contributed by atoms with Crippen LogP contribution in [-0.2, 0) is 6.54 Å². The lowest BCUT2D eigenvalue weighted by molar-refractivity contribution is 0.174. The molecule has 86 valence electrons. The highest BCUT2D eigenvalue weighted by Crippen LogP contribution is 2.32. The number of fused-ring (bicyclic) bond motifs is 1. The minimum absolute atomic E-state index is 0.167. The van der Waals surface area contributed by atoms with Gasteiger partial charge < -0.3 is 20.1 Å². The third-order valence-corrected chi connectivity index (χ3v) is 2.23. The average molecular weight is 222 g/mol. The van der Waals surface area contributed by atoms with Crippen molar-refractivity contribution < 1.29 is 14.3 Å². The number of benzene rings is 1. The number of nitrogens with one attached hydrogen (secondary N) is 2. The number of carbonyl (C=O) groups excluding carboxylic acids is 1. The molecule has 0 bridgehead atoms. The minimum Gasteiger partial charge on any atom is -0.454 e. The van der Waals surface area contributed by atoms with Gasteiger partial charge in [0.1, 0.15) is 0 Å². The molecule has 1 aliphatic rings. The Morgan fingerprint density at radius 3 is 2.94 bits per heavy atom. The molecule has 2 rings (SSSR count). The molecule has 0 fully saturated rings. The summed E-state index contributed by atoms with van der Waals surface area (Å²) < 4.78 is 10.4. The molecule has 0 aromatic heterocycles. The Bertz CT molecular complexity index is 393. The van der Waals surface area contributed by atoms with E-state index in [1.54, 1.807) is 0 Å². The van der Waals surface area contributed by atoms with E-state index in [4.69, 9.17) is 9.47 Å². The van der Waals surface area contributed by atoms with Gasteiger partial charge in [-0.15, -0.1) is 0 Å². The monoisotopic (exact) mass is 222 g/mol. The fourth-order valence-electron chi connectivity index (χ4n) is 1.46. The molecule has 1 aliphatic heterocycles. The van der Waals surface area contributed by atoms with Crippen LogP contribution in [0.2, 0.25) is 0 Å². The third-order valence-electron chi connectivity index (χ3n) is 2.23. The van der Waals surface area contributed by atoms with Crippen molar-refractivity contribution in [1.29, 1.82) is 0 Å². The Hall–Kier alpha value is -1.91. The SMILES string of the molecule is CCNC(=O)NCc1ccc2c(c1)OCO2. The highest BCUT2D eigenvalue weighted by atomic mass is 16.7. The van der Waals surface area contributed by atoms with Crippen molar-refractivity contribution >= 4 is 6.03 Å². The number of rotatable bonds is 3. The van der Waals surface area contributed by atoms with E-state index < -0.39 is 0 Å². The molecule has 0 radical (unpaired) electrons. The van der Waals surface area contributed by atoms with Gasteiger partial charge in [-0.1, -0.05) is 6.07 Å². The zero-order valence-electron chi connectivity index (χ0n) is 9.08. The average Bonchev–Trinajstić information content (AvgIpc) is 2.74. The zero-order chi connectivity index (χ0) is 11.4. The second-order valence-corrected chi connectivity index (χ2v) is 3.40. The minimum atomic E-state index is -0.167. The van der Waals surface area contributed by atoms with Gasteiger partial charge in [0.05, 0.1) is 0 Å². The molecule has 2 amide bonds. The van der Waals surface area contributed by atoms with Crippen LogP contribution >= 0.6 is 0 Å². The first kappa shape index (κ1) is 10.6. The number of ether oxygens (including phenoxy) is 2. The quantitative estimate of drug-likeness (QED) is 0.808. The molecule has 1 aromatic rings. The normalized spacial score (nSPS) is 12.3. The van der Waals surface area contributed by atoms with Gasteiger partial charge in [0, 0.05) is 13.1 Å². The fourth-order valence-corrected chi connectivity index (χ4v) is 1.46. The van der Waals surface area contributed by atoms with Gasteiger partial charge in [-0.05, 0) is 24.6 Å². The Kier molecular flexibility index (Phi) is 3.14. The summed E-state index contributed by atoms with van der Waals surface area (Å²) in [5.74, 6) is 1.48. The lowest BCUT2D eigenvalue weighted by Crippen LogP contribution is -2.34. The third kappa shape index (κ3) is 2.36. The summed E-state index contributed by atoms with van der Waals surface area (Å²) in [7, 11) is 0. The smallest absolute Gasteiger partial charge is 0.315 e. The van der Waals surface area contributed by atoms with Gasteiger partial charge in [-0.2, -0.15) is 0 Å². The van der Waals surface area contributed by atoms with Crippen molar-refractivity contribution in [2.45, 2.75) is 13.5 Å². The van der Waals surface area contributed by atoms with Gasteiger partial charge in [0.15, 0.2) is 11.5 Å². The molecule has 0 saturated carbocycles. The van der Waals surface area contributed by atoms with Crippen LogP contribution in [0, 0.1) is 0 Å². The standard InChI is InChI=1S/C11H14N2O3/c1-2-12-11(14)13-6-8-3-4-9-10(5-8)16-7-15-9/h3-5H,2,6-7H2,1H3,(H2,12,13,14). The maximum Gasteiger partial charge on any atom is 0.315 e. The highest BCUT2D eigenvalue weighted by molar-refractivity contribution is 5.73. The van der Waals surface area contributed by atoms with Crippen molar-refractivity contribution in [2.24, 2.45) is 0 Å². The molecule has 16 heavy (non-hydrogen) atoms. The lowest BCUT2D eigenvalue weighted by atomic mass is 10.2. The van der Waals surface area contributed by atoms with Crippen molar-refractivity contribution in [3.63, 3.8) is 0 Å². The molecule has 0 atom stereocenters. The second kappa shape index (κ2) is 4.74. The number of hydrogen-bond acceptors (Lipinski definition) is 3. The lowest BCUT2D eigenvalue weighted by Gasteiger charge is -2.06. The van der Waals surface area contributed by atoms with E-state index in [-0.39, 0.29) is 12.8 Å². The summed E-state index contributed by atoms with van der Waals surface area (Å²) in [4.78, 5) is 11.2. The van der Waals surface area contributed by atoms with E-state index in [9.17, 15) is 4.79 Å². The number of hydrogen-bond donors (Lipinski definition) is 2. The Balaban J connectivity index is 1.93. The molecular weight excluding hydrogens is 208 g/mol. The molecular formula is C11H14N2O3. The second-order valence-electron chi connectivity index (χ2n) is 3.40. The highest BCUT2D eigenvalue weighted by Gasteiger charge is 2.13. The molecule has 0 saturated heterocycles. The summed E-state index contributed by atoms with van der Waals surface area (Å²) in [5, 5.41) is 5.41. The topological polar surface area (TPSA) is 59.6 Å². The molecule has 0 unspecified atom stereocenters. The summed E-state index contributed by atoms with van der Waals surface area (Å²) >= 11 is 0. The summed E-state index contributed by atoms with van der Waals surface area (Å²) in [6.45, 7) is 3.23. The van der Waals surface area contributed by atoms with E-state index >= 15 is 0 Å². The molecule has 5 nitrogen and oxygen atoms in total. The Labute approximate surface area is 93.7 Å². The van der Waals surface area contributed by atoms with Crippen molar-refractivity contribution in [3.8, 4) is 11.5 Å². The van der Waals surface area contributed by atoms with E-state index in [0.717, 1.165) is 17.1 Å². The predicted molar refractivity (Wildman–Crippen MR) is 58.5 cm³/mol. The van der Waals surface area contributed by atoms with Crippen LogP contribution in [0.15, 0.2) is 18.2 Å². The van der Waals surface area contributed by atoms with Gasteiger partial charge in [0.25, 0.3) is 0 Å². The van der Waals surface area contributed by atoms with Crippen molar-refractivity contribution in [3.05, 3.63) is 23.8 Å². The molecule has 0 aliphatic carbocycles. The zero-order valence-corrected chi connectivity index (χ0v) is 9.08. The van der Waals surface area contributed by atoms with E-state index in [2.05, 4.69) is 10.6 Å². The largest absolute Gasteiger partial charge is 0.454 e. The molecule has 5 heteroatoms. The number of amides is 2. The van der Waals surface area contributed by atoms with Crippen molar-refractivity contribution in [2.75, 3.05) is 13.3 Å². The van der Waals surface area contributed by atoms with Crippen LogP contribution in [0.25, 0.3) is 0 Å². The molecule has 1 heterocycles. The Morgan fingerprint density at radius 2 is 2.12 bits per heavy atom. The first-order valence-corrected chi connectivity index (χ1v) is 5.20. The maximum absolute atomic E-state index is 11.2.